The van der Waals surface area contributed by atoms with Gasteiger partial charge in [0.1, 0.15) is 6.61 Å². The minimum atomic E-state index is -0.376. The van der Waals surface area contributed by atoms with E-state index in [4.69, 9.17) is 9.84 Å². The van der Waals surface area contributed by atoms with Crippen molar-refractivity contribution in [1.29, 1.82) is 0 Å². The predicted molar refractivity (Wildman–Crippen MR) is 56.6 cm³/mol. The first kappa shape index (κ1) is 12.4. The van der Waals surface area contributed by atoms with Gasteiger partial charge < -0.3 is 14.7 Å². The highest BCUT2D eigenvalue weighted by atomic mass is 16.5. The Morgan fingerprint density at radius 1 is 1.33 bits per heavy atom. The molecule has 1 fully saturated rings. The first-order valence-electron chi connectivity index (χ1n) is 5.46. The summed E-state index contributed by atoms with van der Waals surface area (Å²) in [6.07, 6.45) is 0. The second-order valence-corrected chi connectivity index (χ2v) is 3.58. The van der Waals surface area contributed by atoms with Crippen LogP contribution in [0.25, 0.3) is 0 Å². The average Bonchev–Trinajstić information content (AvgIpc) is 2.29. The smallest absolute Gasteiger partial charge is 0.248 e. The number of rotatable bonds is 5. The van der Waals surface area contributed by atoms with Gasteiger partial charge in [0.25, 0.3) is 0 Å². The molecule has 0 aliphatic carbocycles. The van der Waals surface area contributed by atoms with Gasteiger partial charge in [-0.3, -0.25) is 9.69 Å². The maximum absolute atomic E-state index is 11.2. The number of ether oxygens (including phenoxy) is 1. The number of nitrogens with zero attached hydrogens (tertiary/aromatic N) is 2. The summed E-state index contributed by atoms with van der Waals surface area (Å²) in [4.78, 5) is 15.1. The van der Waals surface area contributed by atoms with Crippen molar-refractivity contribution in [1.82, 2.24) is 9.80 Å². The number of aliphatic hydroxyl groups is 1. The molecule has 15 heavy (non-hydrogen) atoms. The van der Waals surface area contributed by atoms with Gasteiger partial charge in [0.15, 0.2) is 0 Å². The number of piperazine rings is 1. The van der Waals surface area contributed by atoms with Crippen LogP contribution >= 0.6 is 0 Å². The molecular formula is C10H20N2O3. The monoisotopic (exact) mass is 216 g/mol. The Balaban J connectivity index is 2.15. The highest BCUT2D eigenvalue weighted by Crippen LogP contribution is 2.01. The molecule has 0 atom stereocenters. The van der Waals surface area contributed by atoms with Gasteiger partial charge in [0.05, 0.1) is 6.61 Å². The summed E-state index contributed by atoms with van der Waals surface area (Å²) in [6, 6.07) is 0. The van der Waals surface area contributed by atoms with E-state index < -0.39 is 0 Å². The van der Waals surface area contributed by atoms with Gasteiger partial charge in [-0.2, -0.15) is 0 Å². The topological polar surface area (TPSA) is 53.0 Å². The van der Waals surface area contributed by atoms with E-state index in [1.807, 2.05) is 6.92 Å². The Morgan fingerprint density at radius 2 is 2.00 bits per heavy atom. The quantitative estimate of drug-likeness (QED) is 0.609. The zero-order valence-corrected chi connectivity index (χ0v) is 9.31. The van der Waals surface area contributed by atoms with Crippen LogP contribution in [0.5, 0.6) is 0 Å². The molecule has 0 aromatic carbocycles. The number of carbonyl (C=O) groups is 1. The molecule has 1 amide bonds. The molecule has 1 rings (SSSR count). The number of aliphatic hydroxyl groups excluding tert-OH is 1. The van der Waals surface area contributed by atoms with E-state index in [-0.39, 0.29) is 12.5 Å². The van der Waals surface area contributed by atoms with E-state index in [0.717, 1.165) is 32.8 Å². The van der Waals surface area contributed by atoms with Crippen LogP contribution in [0.4, 0.5) is 0 Å². The van der Waals surface area contributed by atoms with Gasteiger partial charge in [-0.25, -0.2) is 0 Å². The maximum atomic E-state index is 11.2. The van der Waals surface area contributed by atoms with Crippen molar-refractivity contribution in [2.45, 2.75) is 6.92 Å². The summed E-state index contributed by atoms with van der Waals surface area (Å²) in [5, 5.41) is 8.70. The molecule has 1 aliphatic rings. The SMILES string of the molecule is CCOCCN1CCN(C(=O)CO)CC1. The molecule has 0 radical (unpaired) electrons. The van der Waals surface area contributed by atoms with Crippen LogP contribution in [-0.2, 0) is 9.53 Å². The summed E-state index contributed by atoms with van der Waals surface area (Å²) >= 11 is 0. The van der Waals surface area contributed by atoms with E-state index >= 15 is 0 Å². The Labute approximate surface area is 90.6 Å². The molecule has 0 unspecified atom stereocenters. The Bertz CT molecular complexity index is 191. The molecule has 0 aromatic rings. The van der Waals surface area contributed by atoms with Crippen LogP contribution in [0.1, 0.15) is 6.92 Å². The third-order valence-electron chi connectivity index (χ3n) is 2.62. The van der Waals surface area contributed by atoms with Gasteiger partial charge in [-0.05, 0) is 6.92 Å². The van der Waals surface area contributed by atoms with Gasteiger partial charge >= 0.3 is 0 Å². The summed E-state index contributed by atoms with van der Waals surface area (Å²) in [7, 11) is 0. The number of amides is 1. The van der Waals surface area contributed by atoms with Crippen LogP contribution in [-0.4, -0.2) is 73.4 Å². The number of carbonyl (C=O) groups excluding carboxylic acids is 1. The molecule has 0 aromatic heterocycles. The first-order chi connectivity index (χ1) is 7.27. The molecule has 1 saturated heterocycles. The molecule has 0 saturated carbocycles. The lowest BCUT2D eigenvalue weighted by molar-refractivity contribution is -0.136. The van der Waals surface area contributed by atoms with Crippen molar-refractivity contribution in [2.75, 3.05) is 52.5 Å². The van der Waals surface area contributed by atoms with Crippen molar-refractivity contribution in [3.8, 4) is 0 Å². The van der Waals surface area contributed by atoms with Crippen LogP contribution in [0.15, 0.2) is 0 Å². The van der Waals surface area contributed by atoms with Crippen molar-refractivity contribution in [3.63, 3.8) is 0 Å². The van der Waals surface area contributed by atoms with Crippen LogP contribution in [0.3, 0.4) is 0 Å². The van der Waals surface area contributed by atoms with Crippen LogP contribution in [0.2, 0.25) is 0 Å². The van der Waals surface area contributed by atoms with Gasteiger partial charge in [0.2, 0.25) is 5.91 Å². The molecule has 5 nitrogen and oxygen atoms in total. The fourth-order valence-electron chi connectivity index (χ4n) is 1.66. The predicted octanol–water partition coefficient (Wildman–Crippen LogP) is -0.841. The largest absolute Gasteiger partial charge is 0.387 e. The van der Waals surface area contributed by atoms with E-state index in [1.54, 1.807) is 4.90 Å². The molecule has 1 N–H and O–H groups in total. The molecule has 5 heteroatoms. The molecule has 1 aliphatic heterocycles. The van der Waals surface area contributed by atoms with Crippen LogP contribution in [0, 0.1) is 0 Å². The third kappa shape index (κ3) is 4.15. The summed E-state index contributed by atoms with van der Waals surface area (Å²) in [5.74, 6) is -0.167. The fourth-order valence-corrected chi connectivity index (χ4v) is 1.66. The second kappa shape index (κ2) is 6.76. The molecule has 88 valence electrons. The van der Waals surface area contributed by atoms with Crippen molar-refractivity contribution in [3.05, 3.63) is 0 Å². The molecule has 1 heterocycles. The lowest BCUT2D eigenvalue weighted by Crippen LogP contribution is -2.50. The third-order valence-corrected chi connectivity index (χ3v) is 2.62. The Hall–Kier alpha value is -0.650. The minimum Gasteiger partial charge on any atom is -0.387 e. The van der Waals surface area contributed by atoms with E-state index in [2.05, 4.69) is 4.90 Å². The zero-order valence-electron chi connectivity index (χ0n) is 9.31. The second-order valence-electron chi connectivity index (χ2n) is 3.58. The van der Waals surface area contributed by atoms with Gasteiger partial charge in [0, 0.05) is 39.3 Å². The zero-order chi connectivity index (χ0) is 11.1. The van der Waals surface area contributed by atoms with Crippen molar-refractivity contribution < 1.29 is 14.6 Å². The first-order valence-corrected chi connectivity index (χ1v) is 5.46. The lowest BCUT2D eigenvalue weighted by Gasteiger charge is -2.34. The van der Waals surface area contributed by atoms with E-state index in [0.29, 0.717) is 13.1 Å². The standard InChI is InChI=1S/C10H20N2O3/c1-2-15-8-7-11-3-5-12(6-4-11)10(14)9-13/h13H,2-9H2,1H3. The Kier molecular flexibility index (Phi) is 5.60. The van der Waals surface area contributed by atoms with E-state index in [1.165, 1.54) is 0 Å². The lowest BCUT2D eigenvalue weighted by atomic mass is 10.3. The highest BCUT2D eigenvalue weighted by molar-refractivity contribution is 5.77. The normalized spacial score (nSPS) is 18.1. The molecule has 0 spiro atoms. The maximum Gasteiger partial charge on any atom is 0.248 e. The molecule has 0 bridgehead atoms. The van der Waals surface area contributed by atoms with E-state index in [9.17, 15) is 4.79 Å². The van der Waals surface area contributed by atoms with Crippen LogP contribution < -0.4 is 0 Å². The molecular weight excluding hydrogens is 196 g/mol. The number of hydrogen-bond acceptors (Lipinski definition) is 4. The Morgan fingerprint density at radius 3 is 2.53 bits per heavy atom. The minimum absolute atomic E-state index is 0.167. The van der Waals surface area contributed by atoms with Crippen molar-refractivity contribution in [2.24, 2.45) is 0 Å². The summed E-state index contributed by atoms with van der Waals surface area (Å²) < 4.78 is 5.27. The van der Waals surface area contributed by atoms with Gasteiger partial charge in [-0.15, -0.1) is 0 Å². The van der Waals surface area contributed by atoms with Crippen molar-refractivity contribution >= 4 is 5.91 Å². The van der Waals surface area contributed by atoms with Gasteiger partial charge in [-0.1, -0.05) is 0 Å². The highest BCUT2D eigenvalue weighted by Gasteiger charge is 2.19. The average molecular weight is 216 g/mol. The number of hydrogen-bond donors (Lipinski definition) is 1. The summed E-state index contributed by atoms with van der Waals surface area (Å²) in [5.41, 5.74) is 0. The summed E-state index contributed by atoms with van der Waals surface area (Å²) in [6.45, 7) is 7.22. The fraction of sp³-hybridized carbons (Fsp3) is 0.900.